The van der Waals surface area contributed by atoms with Gasteiger partial charge in [-0.25, -0.2) is 5.43 Å². The van der Waals surface area contributed by atoms with Gasteiger partial charge in [0.05, 0.1) is 29.5 Å². The number of rotatable bonds is 9. The molecule has 0 spiro atoms. The number of ether oxygens (including phenoxy) is 2. The quantitative estimate of drug-likeness (QED) is 0.243. The summed E-state index contributed by atoms with van der Waals surface area (Å²) in [6.45, 7) is 4.85. The largest absolute Gasteiger partial charge is 0.489 e. The molecule has 2 N–H and O–H groups in total. The summed E-state index contributed by atoms with van der Waals surface area (Å²) in [6, 6.07) is 12.5. The molecule has 1 heterocycles. The highest BCUT2D eigenvalue weighted by Gasteiger charge is 2.13. The molecule has 1 aliphatic heterocycles. The van der Waals surface area contributed by atoms with Gasteiger partial charge in [-0.15, -0.1) is 0 Å². The van der Waals surface area contributed by atoms with Crippen LogP contribution in [0.15, 0.2) is 47.6 Å². The van der Waals surface area contributed by atoms with Crippen molar-refractivity contribution in [1.29, 1.82) is 0 Å². The van der Waals surface area contributed by atoms with Gasteiger partial charge >= 0.3 is 11.8 Å². The number of nitrogens with zero attached hydrogens (tertiary/aromatic N) is 2. The number of amides is 2. The van der Waals surface area contributed by atoms with E-state index in [4.69, 9.17) is 32.7 Å². The van der Waals surface area contributed by atoms with Crippen molar-refractivity contribution in [2.75, 3.05) is 39.4 Å². The molecule has 3 rings (SSSR count). The monoisotopic (exact) mass is 492 g/mol. The fourth-order valence-electron chi connectivity index (χ4n) is 3.11. The molecule has 1 aliphatic rings. The van der Waals surface area contributed by atoms with Crippen LogP contribution in [0.2, 0.25) is 10.0 Å². The zero-order valence-corrected chi connectivity index (χ0v) is 19.6. The summed E-state index contributed by atoms with van der Waals surface area (Å²) < 4.78 is 11.1. The first-order valence-corrected chi connectivity index (χ1v) is 11.3. The standard InChI is InChI=1S/C23H26Cl2N4O4/c24-20-6-5-18(14-21(20)25)16-33-19-4-1-3-17(13-19)15-27-28-23(31)22(30)26-7-2-8-29-9-11-32-12-10-29/h1,3-6,13-15H,2,7-12,16H2,(H,26,30)(H,28,31)/b27-15-. The Morgan fingerprint density at radius 2 is 1.91 bits per heavy atom. The lowest BCUT2D eigenvalue weighted by Crippen LogP contribution is -2.40. The van der Waals surface area contributed by atoms with Crippen molar-refractivity contribution >= 4 is 41.2 Å². The topological polar surface area (TPSA) is 92.3 Å². The van der Waals surface area contributed by atoms with Gasteiger partial charge in [0, 0.05) is 19.6 Å². The van der Waals surface area contributed by atoms with E-state index in [0.29, 0.717) is 34.5 Å². The van der Waals surface area contributed by atoms with Gasteiger partial charge in [-0.2, -0.15) is 5.10 Å². The second kappa shape index (κ2) is 13.2. The fraction of sp³-hybridized carbons (Fsp3) is 0.348. The molecule has 0 saturated carbocycles. The van der Waals surface area contributed by atoms with E-state index in [9.17, 15) is 9.59 Å². The Morgan fingerprint density at radius 1 is 1.09 bits per heavy atom. The van der Waals surface area contributed by atoms with Gasteiger partial charge in [-0.3, -0.25) is 14.5 Å². The fourth-order valence-corrected chi connectivity index (χ4v) is 3.43. The van der Waals surface area contributed by atoms with Crippen molar-refractivity contribution in [3.05, 3.63) is 63.6 Å². The van der Waals surface area contributed by atoms with E-state index in [-0.39, 0.29) is 0 Å². The summed E-state index contributed by atoms with van der Waals surface area (Å²) in [4.78, 5) is 26.1. The smallest absolute Gasteiger partial charge is 0.329 e. The maximum absolute atomic E-state index is 11.9. The van der Waals surface area contributed by atoms with Crippen LogP contribution in [-0.2, 0) is 20.9 Å². The maximum Gasteiger partial charge on any atom is 0.329 e. The third kappa shape index (κ3) is 8.66. The van der Waals surface area contributed by atoms with Gasteiger partial charge < -0.3 is 14.8 Å². The first-order valence-electron chi connectivity index (χ1n) is 10.6. The van der Waals surface area contributed by atoms with Gasteiger partial charge in [0.2, 0.25) is 0 Å². The summed E-state index contributed by atoms with van der Waals surface area (Å²) >= 11 is 11.9. The first-order chi connectivity index (χ1) is 16.0. The molecule has 10 heteroatoms. The molecular formula is C23H26Cl2N4O4. The van der Waals surface area contributed by atoms with Crippen molar-refractivity contribution in [3.63, 3.8) is 0 Å². The Kier molecular flexibility index (Phi) is 9.96. The number of hydrazone groups is 1. The minimum absolute atomic E-state index is 0.319. The molecule has 1 fully saturated rings. The van der Waals surface area contributed by atoms with E-state index in [1.54, 1.807) is 36.4 Å². The molecule has 0 aliphatic carbocycles. The lowest BCUT2D eigenvalue weighted by Gasteiger charge is -2.26. The second-order valence-corrected chi connectivity index (χ2v) is 8.19. The van der Waals surface area contributed by atoms with Crippen LogP contribution in [0.3, 0.4) is 0 Å². The van der Waals surface area contributed by atoms with Gasteiger partial charge in [-0.1, -0.05) is 41.4 Å². The number of halogens is 2. The van der Waals surface area contributed by atoms with Crippen LogP contribution in [0.5, 0.6) is 5.75 Å². The molecule has 0 atom stereocenters. The van der Waals surface area contributed by atoms with Crippen LogP contribution >= 0.6 is 23.2 Å². The van der Waals surface area contributed by atoms with Gasteiger partial charge in [0.1, 0.15) is 12.4 Å². The number of hydrogen-bond acceptors (Lipinski definition) is 6. The number of benzene rings is 2. The number of carbonyl (C=O) groups is 2. The summed E-state index contributed by atoms with van der Waals surface area (Å²) in [7, 11) is 0. The summed E-state index contributed by atoms with van der Waals surface area (Å²) in [6.07, 6.45) is 2.20. The van der Waals surface area contributed by atoms with Crippen LogP contribution in [0.25, 0.3) is 0 Å². The predicted molar refractivity (Wildman–Crippen MR) is 128 cm³/mol. The van der Waals surface area contributed by atoms with E-state index in [1.165, 1.54) is 6.21 Å². The number of carbonyl (C=O) groups excluding carboxylic acids is 2. The third-order valence-corrected chi connectivity index (χ3v) is 5.61. The molecule has 2 amide bonds. The molecule has 8 nitrogen and oxygen atoms in total. The predicted octanol–water partition coefficient (Wildman–Crippen LogP) is 2.86. The highest BCUT2D eigenvalue weighted by atomic mass is 35.5. The Bertz CT molecular complexity index is 981. The molecule has 33 heavy (non-hydrogen) atoms. The molecule has 2 aromatic carbocycles. The van der Waals surface area contributed by atoms with Crippen LogP contribution in [-0.4, -0.2) is 62.3 Å². The normalized spacial score (nSPS) is 14.2. The highest BCUT2D eigenvalue weighted by molar-refractivity contribution is 6.42. The molecule has 176 valence electrons. The minimum atomic E-state index is -0.815. The average molecular weight is 493 g/mol. The second-order valence-electron chi connectivity index (χ2n) is 7.37. The zero-order chi connectivity index (χ0) is 23.5. The third-order valence-electron chi connectivity index (χ3n) is 4.87. The molecular weight excluding hydrogens is 467 g/mol. The van der Waals surface area contributed by atoms with E-state index in [1.807, 2.05) is 6.07 Å². The van der Waals surface area contributed by atoms with E-state index in [2.05, 4.69) is 20.7 Å². The Hall–Kier alpha value is -2.65. The average Bonchev–Trinajstić information content (AvgIpc) is 2.83. The lowest BCUT2D eigenvalue weighted by atomic mass is 10.2. The Labute approximate surface area is 202 Å². The zero-order valence-electron chi connectivity index (χ0n) is 18.1. The molecule has 0 radical (unpaired) electrons. The first kappa shape index (κ1) is 25.0. The van der Waals surface area contributed by atoms with E-state index < -0.39 is 11.8 Å². The van der Waals surface area contributed by atoms with E-state index in [0.717, 1.165) is 44.8 Å². The molecule has 0 bridgehead atoms. The number of morpholine rings is 1. The maximum atomic E-state index is 11.9. The van der Waals surface area contributed by atoms with Crippen molar-refractivity contribution in [2.45, 2.75) is 13.0 Å². The Balaban J connectivity index is 1.38. The van der Waals surface area contributed by atoms with Crippen molar-refractivity contribution in [1.82, 2.24) is 15.6 Å². The lowest BCUT2D eigenvalue weighted by molar-refractivity contribution is -0.139. The summed E-state index contributed by atoms with van der Waals surface area (Å²) in [5, 5.41) is 7.41. The number of hydrogen-bond donors (Lipinski definition) is 2. The molecule has 0 aromatic heterocycles. The van der Waals surface area contributed by atoms with E-state index >= 15 is 0 Å². The SMILES string of the molecule is O=C(NCCCN1CCOCC1)C(=O)N/N=C\c1cccc(OCc2ccc(Cl)c(Cl)c2)c1. The van der Waals surface area contributed by atoms with Gasteiger partial charge in [-0.05, 0) is 48.4 Å². The van der Waals surface area contributed by atoms with Gasteiger partial charge in [0.15, 0.2) is 0 Å². The van der Waals surface area contributed by atoms with Crippen LogP contribution in [0.1, 0.15) is 17.5 Å². The summed E-state index contributed by atoms with van der Waals surface area (Å²) in [5.41, 5.74) is 3.82. The molecule has 2 aromatic rings. The van der Waals surface area contributed by atoms with Crippen LogP contribution < -0.4 is 15.5 Å². The van der Waals surface area contributed by atoms with Crippen LogP contribution in [0.4, 0.5) is 0 Å². The summed E-state index contributed by atoms with van der Waals surface area (Å²) in [5.74, 6) is -0.910. The molecule has 0 unspecified atom stereocenters. The van der Waals surface area contributed by atoms with Crippen LogP contribution in [0, 0.1) is 0 Å². The Morgan fingerprint density at radius 3 is 2.70 bits per heavy atom. The van der Waals surface area contributed by atoms with Crippen molar-refractivity contribution < 1.29 is 19.1 Å². The minimum Gasteiger partial charge on any atom is -0.489 e. The molecule has 1 saturated heterocycles. The van der Waals surface area contributed by atoms with Crippen molar-refractivity contribution in [3.8, 4) is 5.75 Å². The van der Waals surface area contributed by atoms with Gasteiger partial charge in [0.25, 0.3) is 0 Å². The van der Waals surface area contributed by atoms with Crippen molar-refractivity contribution in [2.24, 2.45) is 5.10 Å². The number of nitrogens with one attached hydrogen (secondary N) is 2. The highest BCUT2D eigenvalue weighted by Crippen LogP contribution is 2.23.